The highest BCUT2D eigenvalue weighted by atomic mass is 32.1. The summed E-state index contributed by atoms with van der Waals surface area (Å²) in [5.74, 6) is -0.323. The molecule has 1 aliphatic heterocycles. The minimum atomic E-state index is -0.251. The van der Waals surface area contributed by atoms with E-state index in [0.29, 0.717) is 26.2 Å². The van der Waals surface area contributed by atoms with Gasteiger partial charge in [0.25, 0.3) is 0 Å². The van der Waals surface area contributed by atoms with Crippen molar-refractivity contribution in [2.24, 2.45) is 0 Å². The van der Waals surface area contributed by atoms with Crippen LogP contribution in [0.25, 0.3) is 0 Å². The molecule has 1 aromatic heterocycles. The molecule has 5 nitrogen and oxygen atoms in total. The number of ether oxygens (including phenoxy) is 2. The van der Waals surface area contributed by atoms with Gasteiger partial charge in [0.05, 0.1) is 19.6 Å². The fourth-order valence-corrected chi connectivity index (χ4v) is 3.11. The standard InChI is InChI=1S/C14H19NO4S/c1-10(16)15-5-2-6-19-13(17)9-12-14-11(3-7-18-12)4-8-20-14/h4,8,12H,2-3,5-7,9H2,1H3,(H,15,16)/t12-/m0/s1. The van der Waals surface area contributed by atoms with Gasteiger partial charge in [-0.3, -0.25) is 9.59 Å². The first kappa shape index (κ1) is 15.0. The van der Waals surface area contributed by atoms with Crippen LogP contribution >= 0.6 is 11.3 Å². The van der Waals surface area contributed by atoms with Gasteiger partial charge in [-0.05, 0) is 29.9 Å². The zero-order valence-corrected chi connectivity index (χ0v) is 12.3. The second-order valence-electron chi connectivity index (χ2n) is 4.68. The lowest BCUT2D eigenvalue weighted by Crippen LogP contribution is -2.23. The summed E-state index contributed by atoms with van der Waals surface area (Å²) in [5.41, 5.74) is 1.28. The maximum atomic E-state index is 11.8. The third kappa shape index (κ3) is 4.31. The fourth-order valence-electron chi connectivity index (χ4n) is 2.11. The van der Waals surface area contributed by atoms with Gasteiger partial charge in [0.15, 0.2) is 0 Å². The molecule has 2 rings (SSSR count). The lowest BCUT2D eigenvalue weighted by Gasteiger charge is -2.22. The Hall–Kier alpha value is -1.40. The summed E-state index contributed by atoms with van der Waals surface area (Å²) >= 11 is 1.63. The fraction of sp³-hybridized carbons (Fsp3) is 0.571. The molecule has 0 saturated heterocycles. The van der Waals surface area contributed by atoms with Crippen molar-refractivity contribution in [3.05, 3.63) is 21.9 Å². The third-order valence-corrected chi connectivity index (χ3v) is 4.12. The molecule has 1 amide bonds. The monoisotopic (exact) mass is 297 g/mol. The van der Waals surface area contributed by atoms with E-state index in [2.05, 4.69) is 11.4 Å². The lowest BCUT2D eigenvalue weighted by molar-refractivity contribution is -0.147. The van der Waals surface area contributed by atoms with Crippen molar-refractivity contribution in [2.75, 3.05) is 19.8 Å². The Kier molecular flexibility index (Phi) is 5.55. The molecule has 0 radical (unpaired) electrons. The Morgan fingerprint density at radius 1 is 1.55 bits per heavy atom. The van der Waals surface area contributed by atoms with E-state index < -0.39 is 0 Å². The van der Waals surface area contributed by atoms with Crippen molar-refractivity contribution in [1.82, 2.24) is 5.32 Å². The Labute approximate surface area is 122 Å². The van der Waals surface area contributed by atoms with Gasteiger partial charge in [0, 0.05) is 18.3 Å². The van der Waals surface area contributed by atoms with Gasteiger partial charge in [0.2, 0.25) is 5.91 Å². The highest BCUT2D eigenvalue weighted by Crippen LogP contribution is 2.33. The molecule has 0 aromatic carbocycles. The molecule has 0 aliphatic carbocycles. The first-order valence-electron chi connectivity index (χ1n) is 6.74. The van der Waals surface area contributed by atoms with Gasteiger partial charge in [-0.1, -0.05) is 0 Å². The average molecular weight is 297 g/mol. The number of hydrogen-bond acceptors (Lipinski definition) is 5. The molecule has 0 unspecified atom stereocenters. The quantitative estimate of drug-likeness (QED) is 0.642. The van der Waals surface area contributed by atoms with Crippen LogP contribution < -0.4 is 5.32 Å². The van der Waals surface area contributed by atoms with E-state index >= 15 is 0 Å². The summed E-state index contributed by atoms with van der Waals surface area (Å²) in [5, 5.41) is 4.69. The van der Waals surface area contributed by atoms with Crippen molar-refractivity contribution in [3.8, 4) is 0 Å². The maximum Gasteiger partial charge on any atom is 0.308 e. The van der Waals surface area contributed by atoms with Crippen LogP contribution in [-0.2, 0) is 25.5 Å². The topological polar surface area (TPSA) is 64.6 Å². The van der Waals surface area contributed by atoms with Crippen LogP contribution in [0, 0.1) is 0 Å². The van der Waals surface area contributed by atoms with Gasteiger partial charge >= 0.3 is 5.97 Å². The molecule has 2 heterocycles. The van der Waals surface area contributed by atoms with Crippen LogP contribution in [0.15, 0.2) is 11.4 Å². The van der Waals surface area contributed by atoms with E-state index in [4.69, 9.17) is 9.47 Å². The molecule has 1 atom stereocenters. The summed E-state index contributed by atoms with van der Waals surface area (Å²) in [6, 6.07) is 2.09. The predicted octanol–water partition coefficient (Wildman–Crippen LogP) is 1.82. The summed E-state index contributed by atoms with van der Waals surface area (Å²) in [6.07, 6.45) is 1.64. The second kappa shape index (κ2) is 7.40. The normalized spacial score (nSPS) is 17.4. The molecule has 20 heavy (non-hydrogen) atoms. The maximum absolute atomic E-state index is 11.8. The van der Waals surface area contributed by atoms with Crippen LogP contribution in [-0.4, -0.2) is 31.6 Å². The van der Waals surface area contributed by atoms with Crippen molar-refractivity contribution in [2.45, 2.75) is 32.3 Å². The molecule has 1 N–H and O–H groups in total. The Morgan fingerprint density at radius 3 is 3.20 bits per heavy atom. The highest BCUT2D eigenvalue weighted by molar-refractivity contribution is 7.10. The minimum Gasteiger partial charge on any atom is -0.466 e. The molecule has 0 saturated carbocycles. The molecular weight excluding hydrogens is 278 g/mol. The smallest absolute Gasteiger partial charge is 0.308 e. The van der Waals surface area contributed by atoms with E-state index in [1.54, 1.807) is 11.3 Å². The number of thiophene rings is 1. The van der Waals surface area contributed by atoms with E-state index in [1.165, 1.54) is 12.5 Å². The van der Waals surface area contributed by atoms with Crippen molar-refractivity contribution >= 4 is 23.2 Å². The molecule has 110 valence electrons. The molecule has 0 spiro atoms. The van der Waals surface area contributed by atoms with E-state index in [9.17, 15) is 9.59 Å². The molecule has 1 aliphatic rings. The van der Waals surface area contributed by atoms with Gasteiger partial charge in [0.1, 0.15) is 6.10 Å². The number of nitrogens with one attached hydrogen (secondary N) is 1. The number of rotatable bonds is 6. The minimum absolute atomic E-state index is 0.0721. The van der Waals surface area contributed by atoms with Crippen LogP contribution in [0.4, 0.5) is 0 Å². The van der Waals surface area contributed by atoms with Crippen molar-refractivity contribution in [1.29, 1.82) is 0 Å². The first-order chi connectivity index (χ1) is 9.66. The van der Waals surface area contributed by atoms with Crippen LogP contribution in [0.3, 0.4) is 0 Å². The Morgan fingerprint density at radius 2 is 2.40 bits per heavy atom. The molecular formula is C14H19NO4S. The van der Waals surface area contributed by atoms with Gasteiger partial charge < -0.3 is 14.8 Å². The van der Waals surface area contributed by atoms with Crippen molar-refractivity contribution < 1.29 is 19.1 Å². The van der Waals surface area contributed by atoms with Gasteiger partial charge in [-0.25, -0.2) is 0 Å². The largest absolute Gasteiger partial charge is 0.466 e. The zero-order chi connectivity index (χ0) is 14.4. The number of amides is 1. The summed E-state index contributed by atoms with van der Waals surface area (Å²) in [7, 11) is 0. The van der Waals surface area contributed by atoms with Crippen molar-refractivity contribution in [3.63, 3.8) is 0 Å². The lowest BCUT2D eigenvalue weighted by atomic mass is 10.1. The van der Waals surface area contributed by atoms with E-state index in [-0.39, 0.29) is 24.4 Å². The molecule has 0 fully saturated rings. The number of esters is 1. The molecule has 0 bridgehead atoms. The van der Waals surface area contributed by atoms with Crippen LogP contribution in [0.2, 0.25) is 0 Å². The second-order valence-corrected chi connectivity index (χ2v) is 5.63. The summed E-state index contributed by atoms with van der Waals surface area (Å²) < 4.78 is 10.8. The van der Waals surface area contributed by atoms with Crippen LogP contribution in [0.1, 0.15) is 36.3 Å². The summed E-state index contributed by atoms with van der Waals surface area (Å²) in [4.78, 5) is 23.6. The number of carbonyl (C=O) groups excluding carboxylic acids is 2. The van der Waals surface area contributed by atoms with Gasteiger partial charge in [-0.15, -0.1) is 11.3 Å². The number of carbonyl (C=O) groups is 2. The average Bonchev–Trinajstić information content (AvgIpc) is 2.87. The predicted molar refractivity (Wildman–Crippen MR) is 75.6 cm³/mol. The van der Waals surface area contributed by atoms with E-state index in [1.807, 2.05) is 5.38 Å². The van der Waals surface area contributed by atoms with E-state index in [0.717, 1.165) is 11.3 Å². The number of fused-ring (bicyclic) bond motifs is 1. The number of hydrogen-bond donors (Lipinski definition) is 1. The van der Waals surface area contributed by atoms with Gasteiger partial charge in [-0.2, -0.15) is 0 Å². The highest BCUT2D eigenvalue weighted by Gasteiger charge is 2.25. The Balaban J connectivity index is 1.69. The molecule has 1 aromatic rings. The SMILES string of the molecule is CC(=O)NCCCOC(=O)C[C@@H]1OCCc2ccsc21. The van der Waals surface area contributed by atoms with Crippen LogP contribution in [0.5, 0.6) is 0 Å². The first-order valence-corrected chi connectivity index (χ1v) is 7.62. The molecule has 6 heteroatoms. The zero-order valence-electron chi connectivity index (χ0n) is 11.5. The Bertz CT molecular complexity index is 471. The summed E-state index contributed by atoms with van der Waals surface area (Å²) in [6.45, 7) is 2.97. The third-order valence-electron chi connectivity index (χ3n) is 3.07.